The van der Waals surface area contributed by atoms with E-state index in [2.05, 4.69) is 58.6 Å². The molecule has 0 heterocycles. The Morgan fingerprint density at radius 1 is 0.955 bits per heavy atom. The van der Waals surface area contributed by atoms with E-state index >= 15 is 0 Å². The highest BCUT2D eigenvalue weighted by molar-refractivity contribution is 6.82. The summed E-state index contributed by atoms with van der Waals surface area (Å²) >= 11 is 5.97. The molecule has 4 radical (unpaired) electrons. The average molecular weight is 726 g/mol. The SMILES string of the molecule is C[Si]OCC(CCCCl)CCCCCCC1([Si](C)(C)O[Si]C)CC1/[Si](=C/O[Si](C)(C)C)OCC(C)CCCOCC(O)CO. The van der Waals surface area contributed by atoms with E-state index in [4.69, 9.17) is 38.8 Å². The maximum absolute atomic E-state index is 9.46. The molecular weight excluding hydrogens is 660 g/mol. The van der Waals surface area contributed by atoms with E-state index in [1.54, 1.807) is 0 Å². The van der Waals surface area contributed by atoms with Crippen molar-refractivity contribution in [3.05, 3.63) is 0 Å². The molecule has 0 spiro atoms. The molecule has 0 amide bonds. The first-order valence-electron chi connectivity index (χ1n) is 16.9. The first-order chi connectivity index (χ1) is 20.9. The van der Waals surface area contributed by atoms with Crippen LogP contribution in [0, 0.1) is 11.8 Å². The maximum atomic E-state index is 9.46. The fraction of sp³-hybridized carbons (Fsp3) is 0.968. The summed E-state index contributed by atoms with van der Waals surface area (Å²) in [7, 11) is -3.82. The van der Waals surface area contributed by atoms with Crippen molar-refractivity contribution >= 4 is 62.3 Å². The Balaban J connectivity index is 2.78. The van der Waals surface area contributed by atoms with Gasteiger partial charge in [0, 0.05) is 24.6 Å². The topological polar surface area (TPSA) is 86.6 Å². The van der Waals surface area contributed by atoms with Gasteiger partial charge in [0.1, 0.15) is 6.10 Å². The van der Waals surface area contributed by atoms with E-state index in [0.717, 1.165) is 38.4 Å². The Hall–Kier alpha value is 0.644. The summed E-state index contributed by atoms with van der Waals surface area (Å²) in [5, 5.41) is 18.7. The Labute approximate surface area is 284 Å². The molecule has 258 valence electrons. The molecule has 0 bridgehead atoms. The van der Waals surface area contributed by atoms with Crippen LogP contribution < -0.4 is 0 Å². The normalized spacial score (nSPS) is 21.2. The van der Waals surface area contributed by atoms with Crippen LogP contribution in [0.1, 0.15) is 77.6 Å². The molecule has 7 nitrogen and oxygen atoms in total. The van der Waals surface area contributed by atoms with Crippen LogP contribution in [0.2, 0.25) is 56.4 Å². The molecule has 1 saturated carbocycles. The van der Waals surface area contributed by atoms with Gasteiger partial charge in [-0.25, -0.2) is 0 Å². The number of alkyl halides is 1. The van der Waals surface area contributed by atoms with Crippen molar-refractivity contribution in [1.82, 2.24) is 0 Å². The lowest BCUT2D eigenvalue weighted by Crippen LogP contribution is -2.41. The van der Waals surface area contributed by atoms with Crippen LogP contribution in [0.15, 0.2) is 0 Å². The molecule has 5 unspecified atom stereocenters. The summed E-state index contributed by atoms with van der Waals surface area (Å²) < 4.78 is 31.0. The van der Waals surface area contributed by atoms with Crippen LogP contribution in [0.5, 0.6) is 0 Å². The molecular formula is C31H65ClO7Si5. The van der Waals surface area contributed by atoms with Gasteiger partial charge in [0.2, 0.25) is 27.8 Å². The molecule has 44 heavy (non-hydrogen) atoms. The second-order valence-electron chi connectivity index (χ2n) is 14.1. The van der Waals surface area contributed by atoms with Gasteiger partial charge in [-0.15, -0.1) is 11.6 Å². The van der Waals surface area contributed by atoms with Gasteiger partial charge in [-0.05, 0) is 108 Å². The molecule has 1 rings (SSSR count). The minimum atomic E-state index is -1.93. The third-order valence-electron chi connectivity index (χ3n) is 8.74. The van der Waals surface area contributed by atoms with Gasteiger partial charge in [-0.2, -0.15) is 0 Å². The standard InChI is InChI=1S/C31H65ClO7Si5/c1-27(15-14-20-35-25-29(34)22-33)23-37-42(26-38-43(4,5)6)30-21-31(30,44(7,8)39-41-3)18-12-10-9-11-16-28(17-13-19-32)24-36-40-2/h26-30,33-34H,9-25H2,1-8H3/b42-26-. The third-order valence-corrected chi connectivity index (χ3v) is 19.2. The first kappa shape index (κ1) is 42.7. The summed E-state index contributed by atoms with van der Waals surface area (Å²) in [4.78, 5) is 0. The second kappa shape index (κ2) is 23.1. The van der Waals surface area contributed by atoms with Crippen LogP contribution in [-0.2, 0) is 22.1 Å². The summed E-state index contributed by atoms with van der Waals surface area (Å²) in [5.74, 6) is 3.95. The highest BCUT2D eigenvalue weighted by Crippen LogP contribution is 2.73. The number of ether oxygens (including phenoxy) is 1. The van der Waals surface area contributed by atoms with E-state index in [9.17, 15) is 5.11 Å². The highest BCUT2D eigenvalue weighted by Gasteiger charge is 2.66. The minimum absolute atomic E-state index is 0.185. The number of unbranched alkanes of at least 4 members (excludes halogenated alkanes) is 3. The number of aliphatic hydroxyl groups is 2. The van der Waals surface area contributed by atoms with Crippen LogP contribution >= 0.6 is 11.6 Å². The lowest BCUT2D eigenvalue weighted by atomic mass is 9.96. The van der Waals surface area contributed by atoms with E-state index in [1.165, 1.54) is 51.4 Å². The number of hydrogen-bond acceptors (Lipinski definition) is 7. The summed E-state index contributed by atoms with van der Waals surface area (Å²) in [6.45, 7) is 20.3. The van der Waals surface area contributed by atoms with Crippen molar-refractivity contribution < 1.29 is 32.3 Å². The van der Waals surface area contributed by atoms with Crippen LogP contribution in [0.4, 0.5) is 0 Å². The van der Waals surface area contributed by atoms with E-state index in [0.29, 0.717) is 43.5 Å². The van der Waals surface area contributed by atoms with Gasteiger partial charge >= 0.3 is 0 Å². The number of hydrogen-bond donors (Lipinski definition) is 2. The zero-order valence-corrected chi connectivity index (χ0v) is 35.0. The van der Waals surface area contributed by atoms with Crippen LogP contribution in [0.25, 0.3) is 0 Å². The molecule has 0 aromatic heterocycles. The monoisotopic (exact) mass is 724 g/mol. The molecule has 2 N–H and O–H groups in total. The molecule has 0 aliphatic heterocycles. The lowest BCUT2D eigenvalue weighted by molar-refractivity contribution is 0.00444. The van der Waals surface area contributed by atoms with Crippen molar-refractivity contribution in [2.24, 2.45) is 11.8 Å². The fourth-order valence-corrected chi connectivity index (χ4v) is 17.4. The predicted octanol–water partition coefficient (Wildman–Crippen LogP) is 7.04. The lowest BCUT2D eigenvalue weighted by Gasteiger charge is -2.34. The molecule has 13 heteroatoms. The van der Waals surface area contributed by atoms with Crippen LogP contribution in [0.3, 0.4) is 0 Å². The van der Waals surface area contributed by atoms with Gasteiger partial charge in [0.25, 0.3) is 8.65 Å². The largest absolute Gasteiger partial charge is 0.550 e. The minimum Gasteiger partial charge on any atom is -0.550 e. The van der Waals surface area contributed by atoms with Gasteiger partial charge in [0.15, 0.2) is 8.32 Å². The number of halogens is 1. The quantitative estimate of drug-likeness (QED) is 0.0487. The average Bonchev–Trinajstić information content (AvgIpc) is 3.71. The van der Waals surface area contributed by atoms with Gasteiger partial charge in [-0.3, -0.25) is 0 Å². The maximum Gasteiger partial charge on any atom is 0.270 e. The Bertz CT molecular complexity index is 766. The number of rotatable bonds is 29. The van der Waals surface area contributed by atoms with Crippen molar-refractivity contribution in [3.63, 3.8) is 0 Å². The fourth-order valence-electron chi connectivity index (χ4n) is 5.96. The number of aliphatic hydroxyl groups excluding tert-OH is 2. The van der Waals surface area contributed by atoms with Crippen molar-refractivity contribution in [2.75, 3.05) is 38.9 Å². The van der Waals surface area contributed by atoms with Crippen molar-refractivity contribution in [2.45, 2.75) is 140 Å². The summed E-state index contributed by atoms with van der Waals surface area (Å²) in [6.07, 6.45) is 12.2. The van der Waals surface area contributed by atoms with Gasteiger partial charge in [0.05, 0.1) is 25.7 Å². The van der Waals surface area contributed by atoms with E-state index < -0.39 is 31.4 Å². The molecule has 0 aromatic rings. The van der Waals surface area contributed by atoms with Crippen molar-refractivity contribution in [3.8, 4) is 0 Å². The predicted molar refractivity (Wildman–Crippen MR) is 194 cm³/mol. The zero-order chi connectivity index (χ0) is 33.1. The highest BCUT2D eigenvalue weighted by atomic mass is 35.5. The van der Waals surface area contributed by atoms with Gasteiger partial charge < -0.3 is 32.3 Å². The van der Waals surface area contributed by atoms with E-state index in [1.807, 2.05) is 0 Å². The Kier molecular flexibility index (Phi) is 22.4. The third kappa shape index (κ3) is 17.2. The molecule has 1 aliphatic carbocycles. The summed E-state index contributed by atoms with van der Waals surface area (Å²) in [5.41, 5.74) is 0.546. The molecule has 0 aromatic carbocycles. The van der Waals surface area contributed by atoms with E-state index in [-0.39, 0.29) is 18.3 Å². The smallest absolute Gasteiger partial charge is 0.270 e. The molecule has 5 atom stereocenters. The Morgan fingerprint density at radius 2 is 1.66 bits per heavy atom. The second-order valence-corrected chi connectivity index (χ2v) is 26.9. The molecule has 0 saturated heterocycles. The first-order valence-corrected chi connectivity index (χ1v) is 28.1. The summed E-state index contributed by atoms with van der Waals surface area (Å²) in [6, 6.07) is 0. The zero-order valence-electron chi connectivity index (χ0n) is 29.2. The Morgan fingerprint density at radius 3 is 2.30 bits per heavy atom. The van der Waals surface area contributed by atoms with Crippen LogP contribution in [-0.4, -0.2) is 106 Å². The van der Waals surface area contributed by atoms with Crippen molar-refractivity contribution in [1.29, 1.82) is 0 Å². The molecule has 1 fully saturated rings. The molecule has 1 aliphatic rings. The van der Waals surface area contributed by atoms with Gasteiger partial charge in [-0.1, -0.05) is 32.6 Å².